The van der Waals surface area contributed by atoms with E-state index in [0.717, 1.165) is 58.7 Å². The van der Waals surface area contributed by atoms with Crippen LogP contribution in [0.3, 0.4) is 0 Å². The van der Waals surface area contributed by atoms with Gasteiger partial charge in [-0.2, -0.15) is 0 Å². The van der Waals surface area contributed by atoms with Gasteiger partial charge in [0, 0.05) is 45.8 Å². The van der Waals surface area contributed by atoms with Gasteiger partial charge in [-0.05, 0) is 38.8 Å². The molecule has 0 aromatic rings. The van der Waals surface area contributed by atoms with Gasteiger partial charge in [0.1, 0.15) is 0 Å². The van der Waals surface area contributed by atoms with E-state index < -0.39 is 0 Å². The third-order valence-corrected chi connectivity index (χ3v) is 4.42. The predicted molar refractivity (Wildman–Crippen MR) is 87.0 cm³/mol. The second-order valence-electron chi connectivity index (χ2n) is 5.90. The van der Waals surface area contributed by atoms with E-state index in [2.05, 4.69) is 15.1 Å². The third-order valence-electron chi connectivity index (χ3n) is 4.42. The number of carbonyl (C=O) groups excluding carboxylic acids is 1. The monoisotopic (exact) mass is 319 g/mol. The zero-order valence-electron chi connectivity index (χ0n) is 13.2. The molecule has 1 N–H and O–H groups in total. The maximum Gasteiger partial charge on any atom is 0.222 e. The Morgan fingerprint density at radius 3 is 2.81 bits per heavy atom. The number of nitrogens with zero attached hydrogens (tertiary/aromatic N) is 2. The molecule has 2 aliphatic heterocycles. The Balaban J connectivity index is 0.00000220. The number of halogens is 1. The van der Waals surface area contributed by atoms with Crippen molar-refractivity contribution in [2.45, 2.75) is 38.1 Å². The van der Waals surface area contributed by atoms with Crippen LogP contribution in [-0.4, -0.2) is 74.7 Å². The van der Waals surface area contributed by atoms with Gasteiger partial charge in [-0.15, -0.1) is 12.4 Å². The van der Waals surface area contributed by atoms with Gasteiger partial charge in [-0.3, -0.25) is 9.69 Å². The maximum absolute atomic E-state index is 12.3. The highest BCUT2D eigenvalue weighted by atomic mass is 35.5. The van der Waals surface area contributed by atoms with Crippen LogP contribution in [0.5, 0.6) is 0 Å². The van der Waals surface area contributed by atoms with Crippen LogP contribution in [0, 0.1) is 0 Å². The minimum atomic E-state index is 0. The molecule has 6 heteroatoms. The standard InChI is InChI=1S/C15H29N3O2.ClH/c1-20-13-12-17-8-3-9-18(11-10-17)15(19)6-5-14-4-2-7-16-14;/h14,16H,2-13H2,1H3;1H. The van der Waals surface area contributed by atoms with E-state index in [-0.39, 0.29) is 12.4 Å². The van der Waals surface area contributed by atoms with Crippen LogP contribution in [0.2, 0.25) is 0 Å². The van der Waals surface area contributed by atoms with E-state index in [0.29, 0.717) is 18.4 Å². The molecule has 2 saturated heterocycles. The fourth-order valence-corrected chi connectivity index (χ4v) is 3.12. The molecular formula is C15H30ClN3O2. The van der Waals surface area contributed by atoms with Gasteiger partial charge in [0.05, 0.1) is 6.61 Å². The summed E-state index contributed by atoms with van der Waals surface area (Å²) in [7, 11) is 1.74. The molecule has 1 unspecified atom stereocenters. The van der Waals surface area contributed by atoms with Crippen molar-refractivity contribution in [3.63, 3.8) is 0 Å². The van der Waals surface area contributed by atoms with E-state index in [1.54, 1.807) is 7.11 Å². The number of rotatable bonds is 6. The number of hydrogen-bond donors (Lipinski definition) is 1. The fourth-order valence-electron chi connectivity index (χ4n) is 3.12. The Morgan fingerprint density at radius 1 is 1.24 bits per heavy atom. The number of nitrogens with one attached hydrogen (secondary N) is 1. The topological polar surface area (TPSA) is 44.8 Å². The fraction of sp³-hybridized carbons (Fsp3) is 0.933. The molecule has 2 heterocycles. The molecule has 2 fully saturated rings. The molecule has 0 saturated carbocycles. The van der Waals surface area contributed by atoms with E-state index in [4.69, 9.17) is 4.74 Å². The van der Waals surface area contributed by atoms with Crippen LogP contribution in [0.1, 0.15) is 32.1 Å². The highest BCUT2D eigenvalue weighted by Crippen LogP contribution is 2.13. The second kappa shape index (κ2) is 10.4. The van der Waals surface area contributed by atoms with Gasteiger partial charge < -0.3 is 15.0 Å². The quantitative estimate of drug-likeness (QED) is 0.797. The summed E-state index contributed by atoms with van der Waals surface area (Å²) < 4.78 is 5.13. The first-order chi connectivity index (χ1) is 9.79. The summed E-state index contributed by atoms with van der Waals surface area (Å²) in [4.78, 5) is 16.7. The normalized spacial score (nSPS) is 23.7. The summed E-state index contributed by atoms with van der Waals surface area (Å²) in [6, 6.07) is 0.573. The van der Waals surface area contributed by atoms with Crippen molar-refractivity contribution < 1.29 is 9.53 Å². The van der Waals surface area contributed by atoms with E-state index in [9.17, 15) is 4.79 Å². The molecule has 1 amide bonds. The number of carbonyl (C=O) groups is 1. The zero-order valence-corrected chi connectivity index (χ0v) is 14.0. The van der Waals surface area contributed by atoms with Crippen LogP contribution in [0.15, 0.2) is 0 Å². The first-order valence-electron chi connectivity index (χ1n) is 8.02. The predicted octanol–water partition coefficient (Wildman–Crippen LogP) is 1.12. The Labute approximate surface area is 134 Å². The van der Waals surface area contributed by atoms with Crippen LogP contribution in [0.4, 0.5) is 0 Å². The van der Waals surface area contributed by atoms with E-state index in [1.165, 1.54) is 12.8 Å². The minimum Gasteiger partial charge on any atom is -0.383 e. The molecule has 0 aromatic carbocycles. The lowest BCUT2D eigenvalue weighted by atomic mass is 10.1. The molecule has 0 aromatic heterocycles. The van der Waals surface area contributed by atoms with E-state index in [1.807, 2.05) is 0 Å². The average molecular weight is 320 g/mol. The molecule has 124 valence electrons. The van der Waals surface area contributed by atoms with Crippen molar-refractivity contribution in [2.75, 3.05) is 53.0 Å². The average Bonchev–Trinajstić information content (AvgIpc) is 2.87. The lowest BCUT2D eigenvalue weighted by Crippen LogP contribution is -2.36. The molecule has 0 spiro atoms. The third kappa shape index (κ3) is 6.51. The first-order valence-corrected chi connectivity index (χ1v) is 8.02. The molecule has 0 radical (unpaired) electrons. The van der Waals surface area contributed by atoms with Gasteiger partial charge in [-0.1, -0.05) is 0 Å². The van der Waals surface area contributed by atoms with E-state index >= 15 is 0 Å². The van der Waals surface area contributed by atoms with Crippen LogP contribution >= 0.6 is 12.4 Å². The van der Waals surface area contributed by atoms with Gasteiger partial charge in [-0.25, -0.2) is 0 Å². The zero-order chi connectivity index (χ0) is 14.2. The summed E-state index contributed by atoms with van der Waals surface area (Å²) in [6.07, 6.45) is 5.28. The highest BCUT2D eigenvalue weighted by Gasteiger charge is 2.21. The van der Waals surface area contributed by atoms with Crippen molar-refractivity contribution >= 4 is 18.3 Å². The molecule has 0 bridgehead atoms. The lowest BCUT2D eigenvalue weighted by Gasteiger charge is -2.22. The van der Waals surface area contributed by atoms with Gasteiger partial charge in [0.15, 0.2) is 0 Å². The number of hydrogen-bond acceptors (Lipinski definition) is 4. The highest BCUT2D eigenvalue weighted by molar-refractivity contribution is 5.85. The smallest absolute Gasteiger partial charge is 0.222 e. The van der Waals surface area contributed by atoms with Crippen molar-refractivity contribution in [1.82, 2.24) is 15.1 Å². The molecule has 2 aliphatic rings. The molecule has 2 rings (SSSR count). The van der Waals surface area contributed by atoms with Crippen molar-refractivity contribution in [1.29, 1.82) is 0 Å². The van der Waals surface area contributed by atoms with Crippen LogP contribution < -0.4 is 5.32 Å². The maximum atomic E-state index is 12.3. The summed E-state index contributed by atoms with van der Waals surface area (Å²) >= 11 is 0. The van der Waals surface area contributed by atoms with Crippen LogP contribution in [0.25, 0.3) is 0 Å². The van der Waals surface area contributed by atoms with Crippen LogP contribution in [-0.2, 0) is 9.53 Å². The summed E-state index contributed by atoms with van der Waals surface area (Å²) in [6.45, 7) is 6.73. The Hall–Kier alpha value is -0.360. The number of ether oxygens (including phenoxy) is 1. The Bertz CT molecular complexity index is 299. The van der Waals surface area contributed by atoms with Gasteiger partial charge in [0.25, 0.3) is 0 Å². The number of methoxy groups -OCH3 is 1. The van der Waals surface area contributed by atoms with Crippen molar-refractivity contribution in [2.24, 2.45) is 0 Å². The summed E-state index contributed by atoms with van der Waals surface area (Å²) in [5.41, 5.74) is 0. The molecule has 21 heavy (non-hydrogen) atoms. The SMILES string of the molecule is COCCN1CCCN(C(=O)CCC2CCCN2)CC1.Cl. The number of amides is 1. The molecular weight excluding hydrogens is 290 g/mol. The Morgan fingerprint density at radius 2 is 2.10 bits per heavy atom. The summed E-state index contributed by atoms with van der Waals surface area (Å²) in [5.74, 6) is 0.340. The summed E-state index contributed by atoms with van der Waals surface area (Å²) in [5, 5.41) is 3.46. The molecule has 5 nitrogen and oxygen atoms in total. The van der Waals surface area contributed by atoms with Gasteiger partial charge >= 0.3 is 0 Å². The van der Waals surface area contributed by atoms with Crippen molar-refractivity contribution in [3.05, 3.63) is 0 Å². The second-order valence-corrected chi connectivity index (χ2v) is 5.90. The van der Waals surface area contributed by atoms with Crippen molar-refractivity contribution in [3.8, 4) is 0 Å². The molecule has 1 atom stereocenters. The lowest BCUT2D eigenvalue weighted by molar-refractivity contribution is -0.131. The largest absolute Gasteiger partial charge is 0.383 e. The molecule has 0 aliphatic carbocycles. The first kappa shape index (κ1) is 18.7. The van der Waals surface area contributed by atoms with Gasteiger partial charge in [0.2, 0.25) is 5.91 Å². The minimum absolute atomic E-state index is 0. The Kier molecular flexibility index (Phi) is 9.24.